The summed E-state index contributed by atoms with van der Waals surface area (Å²) < 4.78 is 24.0. The Balaban J connectivity index is 1.81. The topological polar surface area (TPSA) is 62.2 Å². The minimum atomic E-state index is -1.19. The fourth-order valence-electron chi connectivity index (χ4n) is 2.53. The number of cyclic esters (lactones) is 1. The quantitative estimate of drug-likeness (QED) is 0.847. The number of aliphatic hydroxyl groups excluding tert-OH is 1. The Labute approximate surface area is 121 Å². The van der Waals surface area contributed by atoms with E-state index in [-0.39, 0.29) is 13.2 Å². The number of hydrogen-bond acceptors (Lipinski definition) is 5. The number of amides is 1. The number of hydrogen-bond donors (Lipinski definition) is 1. The van der Waals surface area contributed by atoms with Gasteiger partial charge in [-0.3, -0.25) is 4.90 Å². The van der Waals surface area contributed by atoms with Crippen molar-refractivity contribution in [1.82, 2.24) is 0 Å². The maximum atomic E-state index is 13.9. The van der Waals surface area contributed by atoms with Crippen LogP contribution < -0.4 is 9.80 Å². The van der Waals surface area contributed by atoms with Gasteiger partial charge in [0.05, 0.1) is 26.4 Å². The summed E-state index contributed by atoms with van der Waals surface area (Å²) in [5.74, 6) is 0. The molecule has 2 aliphatic rings. The van der Waals surface area contributed by atoms with E-state index in [1.807, 2.05) is 0 Å². The molecule has 2 saturated heterocycles. The number of morpholine rings is 1. The average molecular weight is 296 g/mol. The zero-order valence-corrected chi connectivity index (χ0v) is 11.4. The van der Waals surface area contributed by atoms with Gasteiger partial charge in [0.15, 0.2) is 6.30 Å². The maximum Gasteiger partial charge on any atom is 0.414 e. The monoisotopic (exact) mass is 296 g/mol. The molecule has 0 aromatic heterocycles. The van der Waals surface area contributed by atoms with E-state index in [0.717, 1.165) is 0 Å². The van der Waals surface area contributed by atoms with Crippen LogP contribution in [0.5, 0.6) is 0 Å². The maximum absolute atomic E-state index is 13.9. The molecule has 2 aliphatic heterocycles. The number of rotatable bonds is 3. The standard InChI is InChI=1S/C14H17FN2O4/c15-13-9-20-5-4-16(13)10-2-1-3-11(6-10)17-7-12(8-18)21-14(17)19/h1-3,6,12-13,18H,4-5,7-9H2. The van der Waals surface area contributed by atoms with E-state index >= 15 is 0 Å². The lowest BCUT2D eigenvalue weighted by Crippen LogP contribution is -2.43. The van der Waals surface area contributed by atoms with Gasteiger partial charge in [0.1, 0.15) is 6.10 Å². The van der Waals surface area contributed by atoms with Gasteiger partial charge < -0.3 is 19.5 Å². The van der Waals surface area contributed by atoms with Crippen LogP contribution in [0.15, 0.2) is 24.3 Å². The zero-order valence-electron chi connectivity index (χ0n) is 11.4. The Kier molecular flexibility index (Phi) is 3.94. The molecule has 2 fully saturated rings. The molecule has 2 atom stereocenters. The fraction of sp³-hybridized carbons (Fsp3) is 0.500. The Bertz CT molecular complexity index is 527. The Hall–Kier alpha value is -1.86. The molecular weight excluding hydrogens is 279 g/mol. The number of alkyl halides is 1. The predicted octanol–water partition coefficient (Wildman–Crippen LogP) is 1.14. The number of nitrogens with zero attached hydrogens (tertiary/aromatic N) is 2. The summed E-state index contributed by atoms with van der Waals surface area (Å²) in [6.07, 6.45) is -2.20. The molecule has 0 radical (unpaired) electrons. The molecule has 1 N–H and O–H groups in total. The second kappa shape index (κ2) is 5.87. The summed E-state index contributed by atoms with van der Waals surface area (Å²) in [5, 5.41) is 9.07. The summed E-state index contributed by atoms with van der Waals surface area (Å²) >= 11 is 0. The number of ether oxygens (including phenoxy) is 2. The molecule has 114 valence electrons. The minimum Gasteiger partial charge on any atom is -0.441 e. The third kappa shape index (κ3) is 2.79. The highest BCUT2D eigenvalue weighted by Gasteiger charge is 2.32. The molecule has 7 heteroatoms. The molecular formula is C14H17FN2O4. The van der Waals surface area contributed by atoms with Crippen LogP contribution in [0, 0.1) is 0 Å². The van der Waals surface area contributed by atoms with Crippen molar-refractivity contribution in [2.75, 3.05) is 42.7 Å². The van der Waals surface area contributed by atoms with Gasteiger partial charge in [-0.05, 0) is 18.2 Å². The van der Waals surface area contributed by atoms with Gasteiger partial charge in [-0.1, -0.05) is 6.07 Å². The Morgan fingerprint density at radius 3 is 2.90 bits per heavy atom. The van der Waals surface area contributed by atoms with Gasteiger partial charge in [-0.2, -0.15) is 0 Å². The first-order valence-corrected chi connectivity index (χ1v) is 6.86. The van der Waals surface area contributed by atoms with Crippen molar-refractivity contribution >= 4 is 17.5 Å². The predicted molar refractivity (Wildman–Crippen MR) is 74.2 cm³/mol. The van der Waals surface area contributed by atoms with Gasteiger partial charge in [0, 0.05) is 17.9 Å². The minimum absolute atomic E-state index is 0.0442. The van der Waals surface area contributed by atoms with Crippen LogP contribution in [0.3, 0.4) is 0 Å². The molecule has 1 aromatic carbocycles. The fourth-order valence-corrected chi connectivity index (χ4v) is 2.53. The van der Waals surface area contributed by atoms with Gasteiger partial charge in [0.2, 0.25) is 0 Å². The van der Waals surface area contributed by atoms with Crippen molar-refractivity contribution in [1.29, 1.82) is 0 Å². The molecule has 0 bridgehead atoms. The Morgan fingerprint density at radius 2 is 2.19 bits per heavy atom. The summed E-state index contributed by atoms with van der Waals surface area (Å²) in [6.45, 7) is 1.07. The van der Waals surface area contributed by atoms with Crippen molar-refractivity contribution in [3.8, 4) is 0 Å². The van der Waals surface area contributed by atoms with Crippen molar-refractivity contribution in [2.45, 2.75) is 12.4 Å². The summed E-state index contributed by atoms with van der Waals surface area (Å²) in [5.41, 5.74) is 1.33. The summed E-state index contributed by atoms with van der Waals surface area (Å²) in [7, 11) is 0. The highest BCUT2D eigenvalue weighted by atomic mass is 19.1. The number of carbonyl (C=O) groups is 1. The lowest BCUT2D eigenvalue weighted by atomic mass is 10.2. The molecule has 1 amide bonds. The van der Waals surface area contributed by atoms with Crippen LogP contribution in [-0.4, -0.2) is 56.5 Å². The van der Waals surface area contributed by atoms with Gasteiger partial charge in [-0.25, -0.2) is 9.18 Å². The first kappa shape index (κ1) is 14.1. The average Bonchev–Trinajstić information content (AvgIpc) is 2.89. The van der Waals surface area contributed by atoms with Crippen LogP contribution in [0.25, 0.3) is 0 Å². The van der Waals surface area contributed by atoms with Crippen molar-refractivity contribution < 1.29 is 23.8 Å². The van der Waals surface area contributed by atoms with Crippen LogP contribution >= 0.6 is 0 Å². The summed E-state index contributed by atoms with van der Waals surface area (Å²) in [6, 6.07) is 7.08. The highest BCUT2D eigenvalue weighted by Crippen LogP contribution is 2.28. The van der Waals surface area contributed by atoms with Crippen molar-refractivity contribution in [2.24, 2.45) is 0 Å². The van der Waals surface area contributed by atoms with Gasteiger partial charge >= 0.3 is 6.09 Å². The van der Waals surface area contributed by atoms with Crippen LogP contribution in [0.2, 0.25) is 0 Å². The van der Waals surface area contributed by atoms with Crippen molar-refractivity contribution in [3.05, 3.63) is 24.3 Å². The van der Waals surface area contributed by atoms with Gasteiger partial charge in [-0.15, -0.1) is 0 Å². The molecule has 0 saturated carbocycles. The van der Waals surface area contributed by atoms with E-state index < -0.39 is 18.5 Å². The first-order chi connectivity index (χ1) is 10.2. The van der Waals surface area contributed by atoms with E-state index in [2.05, 4.69) is 0 Å². The van der Waals surface area contributed by atoms with Crippen LogP contribution in [0.4, 0.5) is 20.6 Å². The second-order valence-electron chi connectivity index (χ2n) is 5.02. The van der Waals surface area contributed by atoms with Crippen LogP contribution in [-0.2, 0) is 9.47 Å². The number of carbonyl (C=O) groups excluding carboxylic acids is 1. The lowest BCUT2D eigenvalue weighted by Gasteiger charge is -2.32. The second-order valence-corrected chi connectivity index (χ2v) is 5.02. The third-order valence-electron chi connectivity index (χ3n) is 3.62. The molecule has 6 nitrogen and oxygen atoms in total. The smallest absolute Gasteiger partial charge is 0.414 e. The lowest BCUT2D eigenvalue weighted by molar-refractivity contribution is 0.0497. The molecule has 2 heterocycles. The third-order valence-corrected chi connectivity index (χ3v) is 3.62. The number of benzene rings is 1. The molecule has 1 aromatic rings. The number of anilines is 2. The van der Waals surface area contributed by atoms with E-state index in [1.54, 1.807) is 29.2 Å². The zero-order chi connectivity index (χ0) is 14.8. The van der Waals surface area contributed by atoms with E-state index in [1.165, 1.54) is 4.90 Å². The summed E-state index contributed by atoms with van der Waals surface area (Å²) in [4.78, 5) is 14.8. The number of aliphatic hydroxyl groups is 1. The molecule has 2 unspecified atom stereocenters. The van der Waals surface area contributed by atoms with E-state index in [9.17, 15) is 9.18 Å². The number of halogens is 1. The molecule has 21 heavy (non-hydrogen) atoms. The molecule has 0 spiro atoms. The molecule has 0 aliphatic carbocycles. The largest absolute Gasteiger partial charge is 0.441 e. The van der Waals surface area contributed by atoms with Crippen molar-refractivity contribution in [3.63, 3.8) is 0 Å². The SMILES string of the molecule is O=C1OC(CO)CN1c1cccc(N2CCOCC2F)c1. The highest BCUT2D eigenvalue weighted by molar-refractivity contribution is 5.90. The van der Waals surface area contributed by atoms with Gasteiger partial charge in [0.25, 0.3) is 0 Å². The van der Waals surface area contributed by atoms with E-state index in [0.29, 0.717) is 31.1 Å². The Morgan fingerprint density at radius 1 is 1.38 bits per heavy atom. The van der Waals surface area contributed by atoms with Crippen LogP contribution in [0.1, 0.15) is 0 Å². The van der Waals surface area contributed by atoms with E-state index in [4.69, 9.17) is 14.6 Å². The first-order valence-electron chi connectivity index (χ1n) is 6.86. The molecule has 3 rings (SSSR count). The normalized spacial score (nSPS) is 26.1.